The van der Waals surface area contributed by atoms with Crippen LogP contribution in [0.1, 0.15) is 0 Å². The van der Waals surface area contributed by atoms with E-state index in [1.807, 2.05) is 24.3 Å². The molecule has 0 saturated carbocycles. The highest BCUT2D eigenvalue weighted by Gasteiger charge is 2.16. The third-order valence-electron chi connectivity index (χ3n) is 7.06. The molecule has 0 radical (unpaired) electrons. The molecular weight excluding hydrogens is 739 g/mol. The Morgan fingerprint density at radius 2 is 0.941 bits per heavy atom. The predicted octanol–water partition coefficient (Wildman–Crippen LogP) is 8.97. The van der Waals surface area contributed by atoms with Crippen molar-refractivity contribution in [2.75, 3.05) is 0 Å². The zero-order valence-corrected chi connectivity index (χ0v) is 29.0. The molecule has 0 amide bonds. The van der Waals surface area contributed by atoms with Crippen LogP contribution in [0.2, 0.25) is 15.1 Å². The first kappa shape index (κ1) is 36.8. The minimum atomic E-state index is -4.30. The van der Waals surface area contributed by atoms with Crippen molar-refractivity contribution in [2.45, 2.75) is 4.90 Å². The third-order valence-corrected chi connectivity index (χ3v) is 8.90. The number of aromatic hydroxyl groups is 4. The van der Waals surface area contributed by atoms with Crippen LogP contribution in [0.5, 0.6) is 23.0 Å². The second kappa shape index (κ2) is 16.0. The van der Waals surface area contributed by atoms with Crippen molar-refractivity contribution < 1.29 is 33.4 Å². The van der Waals surface area contributed by atoms with Crippen molar-refractivity contribution in [1.82, 2.24) is 19.9 Å². The second-order valence-electron chi connectivity index (χ2n) is 10.4. The maximum absolute atomic E-state index is 11.0. The highest BCUT2D eigenvalue weighted by atomic mass is 35.5. The largest absolute Gasteiger partial charge is 0.506 e. The maximum atomic E-state index is 11.0. The van der Waals surface area contributed by atoms with Gasteiger partial charge in [0.25, 0.3) is 10.1 Å². The number of benzene rings is 4. The van der Waals surface area contributed by atoms with Gasteiger partial charge in [0.1, 0.15) is 44.2 Å². The molecule has 0 saturated heterocycles. The van der Waals surface area contributed by atoms with E-state index in [9.17, 15) is 28.8 Å². The molecule has 0 spiro atoms. The third kappa shape index (κ3) is 8.63. The lowest BCUT2D eigenvalue weighted by molar-refractivity contribution is 0.477. The molecule has 0 fully saturated rings. The molecule has 0 aliphatic rings. The Balaban J connectivity index is 0.000000133. The van der Waals surface area contributed by atoms with E-state index in [1.165, 1.54) is 36.5 Å². The lowest BCUT2D eigenvalue weighted by Crippen LogP contribution is -1.99. The van der Waals surface area contributed by atoms with Gasteiger partial charge in [-0.05, 0) is 78.9 Å². The van der Waals surface area contributed by atoms with Gasteiger partial charge in [-0.15, -0.1) is 0 Å². The molecule has 15 heteroatoms. The van der Waals surface area contributed by atoms with Crippen molar-refractivity contribution in [2.24, 2.45) is 0 Å². The Labute approximate surface area is 305 Å². The van der Waals surface area contributed by atoms with Gasteiger partial charge in [-0.25, -0.2) is 0 Å². The van der Waals surface area contributed by atoms with Crippen LogP contribution in [-0.4, -0.2) is 53.3 Å². The zero-order chi connectivity index (χ0) is 36.7. The molecule has 0 bridgehead atoms. The van der Waals surface area contributed by atoms with Crippen LogP contribution in [0.3, 0.4) is 0 Å². The molecule has 4 aromatic carbocycles. The first-order chi connectivity index (χ1) is 24.4. The fraction of sp³-hybridized carbons (Fsp3) is 0. The molecule has 0 aliphatic heterocycles. The van der Waals surface area contributed by atoms with Gasteiger partial charge in [0.05, 0.1) is 15.1 Å². The minimum Gasteiger partial charge on any atom is -0.506 e. The van der Waals surface area contributed by atoms with Crippen LogP contribution in [0.4, 0.5) is 0 Å². The summed E-state index contributed by atoms with van der Waals surface area (Å²) in [6, 6.07) is 26.3. The summed E-state index contributed by atoms with van der Waals surface area (Å²) in [6.45, 7) is 0. The van der Waals surface area contributed by atoms with Gasteiger partial charge in [0.2, 0.25) is 0 Å². The van der Waals surface area contributed by atoms with E-state index in [0.29, 0.717) is 32.0 Å². The van der Waals surface area contributed by atoms with Crippen molar-refractivity contribution >= 4 is 88.5 Å². The topological polar surface area (TPSA) is 187 Å². The van der Waals surface area contributed by atoms with Crippen LogP contribution in [-0.2, 0) is 10.1 Å². The monoisotopic (exact) mass is 762 g/mol. The number of pyridine rings is 4. The highest BCUT2D eigenvalue weighted by molar-refractivity contribution is 7.86. The first-order valence-corrected chi connectivity index (χ1v) is 17.1. The van der Waals surface area contributed by atoms with E-state index >= 15 is 0 Å². The SMILES string of the molecule is O=S(=O)(O)c1ccc(O)c2ncccc12.Oc1c(Cl)cc(Cl)c2cccnc12.Oc1ccc(Cl)c2cccnc12.Oc1cccc2cccnc12. The van der Waals surface area contributed by atoms with Crippen LogP contribution in [0.25, 0.3) is 43.6 Å². The molecule has 11 nitrogen and oxygen atoms in total. The fourth-order valence-corrected chi connectivity index (χ4v) is 6.14. The summed E-state index contributed by atoms with van der Waals surface area (Å²) in [5, 5.41) is 41.6. The van der Waals surface area contributed by atoms with Crippen molar-refractivity contribution in [1.29, 1.82) is 0 Å². The Hall–Kier alpha value is -5.50. The number of aromatic nitrogens is 4. The number of phenols is 4. The van der Waals surface area contributed by atoms with Gasteiger partial charge >= 0.3 is 0 Å². The quantitative estimate of drug-likeness (QED) is 0.100. The maximum Gasteiger partial charge on any atom is 0.295 e. The summed E-state index contributed by atoms with van der Waals surface area (Å²) in [5.74, 6) is 0.248. The van der Waals surface area contributed by atoms with Crippen molar-refractivity contribution in [3.63, 3.8) is 0 Å². The average Bonchev–Trinajstić information content (AvgIpc) is 3.13. The number of hydrogen-bond donors (Lipinski definition) is 5. The smallest absolute Gasteiger partial charge is 0.295 e. The fourth-order valence-electron chi connectivity index (χ4n) is 4.72. The molecular formula is C36H25Cl3N4O7S. The molecule has 4 heterocycles. The number of rotatable bonds is 1. The van der Waals surface area contributed by atoms with Crippen LogP contribution in [0, 0.1) is 0 Å². The highest BCUT2D eigenvalue weighted by Crippen LogP contribution is 2.35. The van der Waals surface area contributed by atoms with Gasteiger partial charge in [-0.1, -0.05) is 53.0 Å². The van der Waals surface area contributed by atoms with Crippen molar-refractivity contribution in [3.05, 3.63) is 137 Å². The van der Waals surface area contributed by atoms with Crippen LogP contribution >= 0.6 is 34.8 Å². The summed E-state index contributed by atoms with van der Waals surface area (Å²) in [7, 11) is -4.30. The van der Waals surface area contributed by atoms with Gasteiger partial charge in [0.15, 0.2) is 5.75 Å². The predicted molar refractivity (Wildman–Crippen MR) is 198 cm³/mol. The lowest BCUT2D eigenvalue weighted by atomic mass is 10.2. The number of para-hydroxylation sites is 1. The number of halogens is 3. The Bertz CT molecular complexity index is 2580. The zero-order valence-electron chi connectivity index (χ0n) is 25.9. The number of fused-ring (bicyclic) bond motifs is 4. The summed E-state index contributed by atoms with van der Waals surface area (Å²) < 4.78 is 30.9. The standard InChI is InChI=1S/C9H5Cl2NO.C9H6ClNO.C9H7NO4S.C9H7NO/c10-6-4-7(11)9(13)8-5(6)2-1-3-12-8;10-7-3-4-8(12)9-6(7)2-1-5-11-9;11-7-3-4-8(15(12,13)14)6-2-1-5-10-9(6)7;11-8-5-1-3-7-4-2-6-10-9(7)8/h1-4,13H;1-5,12H;1-5,11H,(H,12,13,14);1-6,11H. The van der Waals surface area contributed by atoms with Gasteiger partial charge in [0, 0.05) is 46.3 Å². The molecule has 0 atom stereocenters. The molecule has 0 unspecified atom stereocenters. The molecule has 0 aliphatic carbocycles. The van der Waals surface area contributed by atoms with Crippen LogP contribution in [0.15, 0.2) is 127 Å². The summed E-state index contributed by atoms with van der Waals surface area (Å²) in [5.41, 5.74) is 1.78. The normalized spacial score (nSPS) is 10.8. The molecule has 8 rings (SSSR count). The van der Waals surface area contributed by atoms with E-state index in [1.54, 1.807) is 55.0 Å². The van der Waals surface area contributed by atoms with Gasteiger partial charge in [-0.3, -0.25) is 24.5 Å². The van der Waals surface area contributed by atoms with E-state index in [2.05, 4.69) is 19.9 Å². The van der Waals surface area contributed by atoms with Crippen molar-refractivity contribution in [3.8, 4) is 23.0 Å². The number of phenolic OH excluding ortho intramolecular Hbond substituents is 4. The molecule has 51 heavy (non-hydrogen) atoms. The van der Waals surface area contributed by atoms with Crippen LogP contribution < -0.4 is 0 Å². The lowest BCUT2D eigenvalue weighted by Gasteiger charge is -2.03. The average molecular weight is 764 g/mol. The summed E-state index contributed by atoms with van der Waals surface area (Å²) >= 11 is 17.5. The molecule has 4 aromatic heterocycles. The van der Waals surface area contributed by atoms with Gasteiger partial charge in [-0.2, -0.15) is 8.42 Å². The Morgan fingerprint density at radius 3 is 1.53 bits per heavy atom. The summed E-state index contributed by atoms with van der Waals surface area (Å²) in [6.07, 6.45) is 6.30. The number of hydrogen-bond acceptors (Lipinski definition) is 10. The van der Waals surface area contributed by atoms with E-state index in [4.69, 9.17) is 39.4 Å². The summed E-state index contributed by atoms with van der Waals surface area (Å²) in [4.78, 5) is 15.6. The van der Waals surface area contributed by atoms with E-state index in [-0.39, 0.29) is 43.8 Å². The van der Waals surface area contributed by atoms with Gasteiger partial charge < -0.3 is 20.4 Å². The van der Waals surface area contributed by atoms with E-state index < -0.39 is 10.1 Å². The molecule has 8 aromatic rings. The molecule has 258 valence electrons. The second-order valence-corrected chi connectivity index (χ2v) is 13.0. The number of nitrogens with zero attached hydrogens (tertiary/aromatic N) is 4. The Morgan fingerprint density at radius 1 is 0.471 bits per heavy atom. The minimum absolute atomic E-state index is 0.0262. The Kier molecular flexibility index (Phi) is 11.6. The first-order valence-electron chi connectivity index (χ1n) is 14.6. The molecule has 5 N–H and O–H groups in total. The van der Waals surface area contributed by atoms with E-state index in [0.717, 1.165) is 16.8 Å².